The molecule has 2 rings (SSSR count). The van der Waals surface area contributed by atoms with Gasteiger partial charge in [-0.3, -0.25) is 4.90 Å². The number of nitrogens with two attached hydrogens (primary N) is 1. The van der Waals surface area contributed by atoms with Crippen LogP contribution in [0.25, 0.3) is 0 Å². The highest BCUT2D eigenvalue weighted by atomic mass is 35.5. The van der Waals surface area contributed by atoms with E-state index in [4.69, 9.17) is 10.5 Å². The van der Waals surface area contributed by atoms with Crippen LogP contribution in [0, 0.1) is 5.92 Å². The predicted octanol–water partition coefficient (Wildman–Crippen LogP) is 3.07. The Morgan fingerprint density at radius 2 is 1.80 bits per heavy atom. The molecule has 0 radical (unpaired) electrons. The predicted molar refractivity (Wildman–Crippen MR) is 86.5 cm³/mol. The minimum Gasteiger partial charge on any atom is -0.491 e. The average molecular weight is 299 g/mol. The van der Waals surface area contributed by atoms with Crippen LogP contribution in [0.4, 0.5) is 0 Å². The number of nitrogens with zero attached hydrogens (tertiary/aromatic N) is 1. The quantitative estimate of drug-likeness (QED) is 0.908. The van der Waals surface area contributed by atoms with E-state index >= 15 is 0 Å². The molecule has 114 valence electrons. The molecular formula is C16H27ClN2O. The van der Waals surface area contributed by atoms with Crippen LogP contribution in [0.1, 0.15) is 32.3 Å². The number of hydrogen-bond acceptors (Lipinski definition) is 3. The molecule has 1 aromatic carbocycles. The van der Waals surface area contributed by atoms with Gasteiger partial charge < -0.3 is 10.5 Å². The summed E-state index contributed by atoms with van der Waals surface area (Å²) in [5.74, 6) is 1.69. The summed E-state index contributed by atoms with van der Waals surface area (Å²) in [4.78, 5) is 2.52. The summed E-state index contributed by atoms with van der Waals surface area (Å²) >= 11 is 0. The van der Waals surface area contributed by atoms with Crippen molar-refractivity contribution in [2.24, 2.45) is 11.7 Å². The maximum absolute atomic E-state index is 5.73. The van der Waals surface area contributed by atoms with Gasteiger partial charge in [-0.2, -0.15) is 0 Å². The Hall–Kier alpha value is -0.770. The van der Waals surface area contributed by atoms with E-state index in [0.717, 1.165) is 24.8 Å². The Morgan fingerprint density at radius 3 is 2.30 bits per heavy atom. The fourth-order valence-electron chi connectivity index (χ4n) is 2.58. The molecule has 1 heterocycles. The number of halogens is 1. The van der Waals surface area contributed by atoms with Gasteiger partial charge in [0.25, 0.3) is 0 Å². The summed E-state index contributed by atoms with van der Waals surface area (Å²) < 4.78 is 5.66. The van der Waals surface area contributed by atoms with Gasteiger partial charge in [0.2, 0.25) is 0 Å². The van der Waals surface area contributed by atoms with Crippen LogP contribution in [0.15, 0.2) is 24.3 Å². The summed E-state index contributed by atoms with van der Waals surface area (Å²) in [5.41, 5.74) is 7.09. The standard InChI is InChI=1S/C16H26N2O.ClH/c1-13(2)19-16-5-3-15(4-6-16)12-18-9-7-14(11-17)8-10-18;/h3-6,13-14H,7-12,17H2,1-2H3;1H. The highest BCUT2D eigenvalue weighted by Crippen LogP contribution is 2.19. The zero-order valence-corrected chi connectivity index (χ0v) is 13.4. The van der Waals surface area contributed by atoms with Gasteiger partial charge in [-0.25, -0.2) is 0 Å². The second kappa shape index (κ2) is 8.50. The number of rotatable bonds is 5. The molecule has 1 aromatic rings. The number of benzene rings is 1. The normalized spacial score (nSPS) is 17.0. The molecule has 0 unspecified atom stereocenters. The molecule has 0 aliphatic carbocycles. The first-order valence-corrected chi connectivity index (χ1v) is 7.35. The van der Waals surface area contributed by atoms with Crippen molar-refractivity contribution < 1.29 is 4.74 Å². The first-order chi connectivity index (χ1) is 9.17. The summed E-state index contributed by atoms with van der Waals surface area (Å²) in [5, 5.41) is 0. The molecule has 0 saturated carbocycles. The fraction of sp³-hybridized carbons (Fsp3) is 0.625. The van der Waals surface area contributed by atoms with Crippen molar-refractivity contribution >= 4 is 12.4 Å². The van der Waals surface area contributed by atoms with Gasteiger partial charge in [-0.1, -0.05) is 12.1 Å². The monoisotopic (exact) mass is 298 g/mol. The highest BCUT2D eigenvalue weighted by molar-refractivity contribution is 5.85. The molecule has 0 atom stereocenters. The van der Waals surface area contributed by atoms with Crippen LogP contribution in [0.3, 0.4) is 0 Å². The Bertz CT molecular complexity index is 373. The van der Waals surface area contributed by atoms with Gasteiger partial charge in [0.15, 0.2) is 0 Å². The molecular weight excluding hydrogens is 272 g/mol. The van der Waals surface area contributed by atoms with Crippen LogP contribution < -0.4 is 10.5 Å². The van der Waals surface area contributed by atoms with Gasteiger partial charge in [-0.15, -0.1) is 12.4 Å². The molecule has 0 spiro atoms. The lowest BCUT2D eigenvalue weighted by atomic mass is 9.97. The number of ether oxygens (including phenoxy) is 1. The lowest BCUT2D eigenvalue weighted by molar-refractivity contribution is 0.180. The molecule has 3 nitrogen and oxygen atoms in total. The van der Waals surface area contributed by atoms with Gasteiger partial charge in [0, 0.05) is 6.54 Å². The molecule has 0 bridgehead atoms. The Morgan fingerprint density at radius 1 is 1.20 bits per heavy atom. The molecule has 1 aliphatic rings. The van der Waals surface area contributed by atoms with Gasteiger partial charge in [-0.05, 0) is 69.9 Å². The number of likely N-dealkylation sites (tertiary alicyclic amines) is 1. The zero-order chi connectivity index (χ0) is 13.7. The summed E-state index contributed by atoms with van der Waals surface area (Å²) in [6, 6.07) is 8.49. The maximum atomic E-state index is 5.73. The fourth-order valence-corrected chi connectivity index (χ4v) is 2.58. The van der Waals surface area contributed by atoms with Gasteiger partial charge in [0.05, 0.1) is 6.10 Å². The second-order valence-corrected chi connectivity index (χ2v) is 5.77. The van der Waals surface area contributed by atoms with Crippen molar-refractivity contribution in [3.05, 3.63) is 29.8 Å². The van der Waals surface area contributed by atoms with E-state index in [2.05, 4.69) is 43.0 Å². The van der Waals surface area contributed by atoms with Crippen LogP contribution in [0.2, 0.25) is 0 Å². The summed E-state index contributed by atoms with van der Waals surface area (Å²) in [7, 11) is 0. The largest absolute Gasteiger partial charge is 0.491 e. The van der Waals surface area contributed by atoms with Crippen LogP contribution in [0.5, 0.6) is 5.75 Å². The van der Waals surface area contributed by atoms with Crippen LogP contribution in [-0.2, 0) is 6.54 Å². The van der Waals surface area contributed by atoms with E-state index in [1.54, 1.807) is 0 Å². The molecule has 20 heavy (non-hydrogen) atoms. The van der Waals surface area contributed by atoms with Crippen molar-refractivity contribution in [1.82, 2.24) is 4.90 Å². The van der Waals surface area contributed by atoms with Crippen molar-refractivity contribution in [3.63, 3.8) is 0 Å². The van der Waals surface area contributed by atoms with Gasteiger partial charge >= 0.3 is 0 Å². The minimum absolute atomic E-state index is 0. The lowest BCUT2D eigenvalue weighted by Gasteiger charge is -2.31. The third kappa shape index (κ3) is 5.31. The van der Waals surface area contributed by atoms with Crippen molar-refractivity contribution in [1.29, 1.82) is 0 Å². The molecule has 0 aromatic heterocycles. The minimum atomic E-state index is 0. The highest BCUT2D eigenvalue weighted by Gasteiger charge is 2.17. The third-order valence-corrected chi connectivity index (χ3v) is 3.74. The maximum Gasteiger partial charge on any atom is 0.119 e. The number of hydrogen-bond donors (Lipinski definition) is 1. The molecule has 0 amide bonds. The van der Waals surface area contributed by atoms with Crippen molar-refractivity contribution in [2.75, 3.05) is 19.6 Å². The molecule has 4 heteroatoms. The third-order valence-electron chi connectivity index (χ3n) is 3.74. The first-order valence-electron chi connectivity index (χ1n) is 7.35. The van der Waals surface area contributed by atoms with E-state index < -0.39 is 0 Å². The van der Waals surface area contributed by atoms with Gasteiger partial charge in [0.1, 0.15) is 5.75 Å². The molecule has 1 aliphatic heterocycles. The number of piperidine rings is 1. The summed E-state index contributed by atoms with van der Waals surface area (Å²) in [6.45, 7) is 8.33. The lowest BCUT2D eigenvalue weighted by Crippen LogP contribution is -2.35. The van der Waals surface area contributed by atoms with Crippen LogP contribution in [-0.4, -0.2) is 30.6 Å². The Labute approximate surface area is 128 Å². The molecule has 1 fully saturated rings. The van der Waals surface area contributed by atoms with E-state index in [9.17, 15) is 0 Å². The second-order valence-electron chi connectivity index (χ2n) is 5.77. The smallest absolute Gasteiger partial charge is 0.119 e. The zero-order valence-electron chi connectivity index (χ0n) is 12.5. The first kappa shape index (κ1) is 17.3. The van der Waals surface area contributed by atoms with Crippen molar-refractivity contribution in [3.8, 4) is 5.75 Å². The van der Waals surface area contributed by atoms with E-state index in [0.29, 0.717) is 0 Å². The SMILES string of the molecule is CC(C)Oc1ccc(CN2CCC(CN)CC2)cc1.Cl. The molecule has 2 N–H and O–H groups in total. The van der Waals surface area contributed by atoms with E-state index in [-0.39, 0.29) is 18.5 Å². The van der Waals surface area contributed by atoms with Crippen LogP contribution >= 0.6 is 12.4 Å². The van der Waals surface area contributed by atoms with E-state index in [1.807, 2.05) is 0 Å². The Kier molecular flexibility index (Phi) is 7.35. The van der Waals surface area contributed by atoms with E-state index in [1.165, 1.54) is 31.5 Å². The summed E-state index contributed by atoms with van der Waals surface area (Å²) in [6.07, 6.45) is 2.72. The topological polar surface area (TPSA) is 38.5 Å². The van der Waals surface area contributed by atoms with Crippen molar-refractivity contribution in [2.45, 2.75) is 39.3 Å². The Balaban J connectivity index is 0.00000200. The average Bonchev–Trinajstić information content (AvgIpc) is 2.41. The molecule has 1 saturated heterocycles.